The van der Waals surface area contributed by atoms with Crippen molar-refractivity contribution in [2.75, 3.05) is 0 Å². The number of nitrogens with zero attached hydrogens (tertiary/aromatic N) is 1. The Bertz CT molecular complexity index is 509. The number of hydrogen-bond donors (Lipinski definition) is 1. The van der Waals surface area contributed by atoms with Gasteiger partial charge in [0.15, 0.2) is 0 Å². The van der Waals surface area contributed by atoms with Gasteiger partial charge < -0.3 is 4.90 Å². The zero-order chi connectivity index (χ0) is 14.4. The van der Waals surface area contributed by atoms with E-state index in [2.05, 4.69) is 29.3 Å². The molecule has 3 aliphatic rings. The lowest BCUT2D eigenvalue weighted by Crippen LogP contribution is -2.46. The fourth-order valence-corrected chi connectivity index (χ4v) is 3.91. The Kier molecular flexibility index (Phi) is 3.26. The van der Waals surface area contributed by atoms with E-state index < -0.39 is 0 Å². The Morgan fingerprint density at radius 3 is 2.29 bits per heavy atom. The van der Waals surface area contributed by atoms with Gasteiger partial charge in [-0.1, -0.05) is 37.3 Å². The molecule has 1 heterocycles. The molecule has 2 saturated carbocycles. The van der Waals surface area contributed by atoms with Crippen LogP contribution in [0.5, 0.6) is 0 Å². The zero-order valence-corrected chi connectivity index (χ0v) is 12.7. The lowest BCUT2D eigenvalue weighted by Gasteiger charge is -2.32. The van der Waals surface area contributed by atoms with Crippen molar-refractivity contribution in [3.05, 3.63) is 35.9 Å². The predicted molar refractivity (Wildman–Crippen MR) is 82.5 cm³/mol. The van der Waals surface area contributed by atoms with E-state index in [1.54, 1.807) is 0 Å². The van der Waals surface area contributed by atoms with Gasteiger partial charge in [-0.2, -0.15) is 0 Å². The molecule has 2 aliphatic carbocycles. The third-order valence-corrected chi connectivity index (χ3v) is 5.25. The number of hydrogen-bond acceptors (Lipinski definition) is 2. The molecular formula is C18H24N2O. The van der Waals surface area contributed by atoms with Crippen molar-refractivity contribution in [1.29, 1.82) is 0 Å². The molecule has 1 amide bonds. The molecule has 3 nitrogen and oxygen atoms in total. The molecule has 0 radical (unpaired) electrons. The molecule has 2 unspecified atom stereocenters. The molecule has 21 heavy (non-hydrogen) atoms. The molecule has 2 atom stereocenters. The lowest BCUT2D eigenvalue weighted by molar-refractivity contribution is -0.133. The Labute approximate surface area is 126 Å². The van der Waals surface area contributed by atoms with E-state index in [0.717, 1.165) is 23.8 Å². The first kappa shape index (κ1) is 13.3. The fraction of sp³-hybridized carbons (Fsp3) is 0.611. The number of nitrogens with one attached hydrogen (secondary N) is 1. The van der Waals surface area contributed by atoms with Gasteiger partial charge in [-0.25, -0.2) is 0 Å². The van der Waals surface area contributed by atoms with E-state index in [1.807, 2.05) is 18.2 Å². The van der Waals surface area contributed by atoms with E-state index in [-0.39, 0.29) is 12.2 Å². The largest absolute Gasteiger partial charge is 0.322 e. The Morgan fingerprint density at radius 1 is 1.14 bits per heavy atom. The summed E-state index contributed by atoms with van der Waals surface area (Å²) in [6.45, 7) is 2.18. The normalized spacial score (nSPS) is 29.4. The third-order valence-electron chi connectivity index (χ3n) is 5.25. The second-order valence-corrected chi connectivity index (χ2v) is 6.85. The molecule has 1 aromatic rings. The quantitative estimate of drug-likeness (QED) is 0.901. The molecule has 0 spiro atoms. The minimum Gasteiger partial charge on any atom is -0.322 e. The van der Waals surface area contributed by atoms with Gasteiger partial charge in [0.2, 0.25) is 5.91 Å². The summed E-state index contributed by atoms with van der Waals surface area (Å²) in [7, 11) is 0. The van der Waals surface area contributed by atoms with Crippen LogP contribution in [0.25, 0.3) is 0 Å². The highest BCUT2D eigenvalue weighted by Crippen LogP contribution is 2.49. The van der Waals surface area contributed by atoms with Crippen LogP contribution in [-0.4, -0.2) is 23.0 Å². The summed E-state index contributed by atoms with van der Waals surface area (Å²) in [6.07, 6.45) is 6.48. The maximum Gasteiger partial charge on any atom is 0.245 e. The number of carbonyl (C=O) groups excluding carboxylic acids is 1. The van der Waals surface area contributed by atoms with Gasteiger partial charge in [-0.05, 0) is 49.5 Å². The van der Waals surface area contributed by atoms with E-state index in [9.17, 15) is 4.79 Å². The zero-order valence-electron chi connectivity index (χ0n) is 12.7. The molecule has 0 bridgehead atoms. The Morgan fingerprint density at radius 2 is 1.76 bits per heavy atom. The van der Waals surface area contributed by atoms with Gasteiger partial charge in [0.05, 0.1) is 6.17 Å². The fourth-order valence-electron chi connectivity index (χ4n) is 3.91. The van der Waals surface area contributed by atoms with Crippen LogP contribution in [0.3, 0.4) is 0 Å². The number of rotatable bonds is 5. The molecule has 3 fully saturated rings. The first-order valence-electron chi connectivity index (χ1n) is 8.42. The van der Waals surface area contributed by atoms with E-state index in [1.165, 1.54) is 25.7 Å². The minimum absolute atomic E-state index is 0.142. The summed E-state index contributed by atoms with van der Waals surface area (Å²) >= 11 is 0. The summed E-state index contributed by atoms with van der Waals surface area (Å²) < 4.78 is 0. The summed E-state index contributed by atoms with van der Waals surface area (Å²) in [5, 5.41) is 3.58. The molecule has 1 saturated heterocycles. The van der Waals surface area contributed by atoms with Crippen LogP contribution in [-0.2, 0) is 4.79 Å². The number of benzene rings is 1. The number of carbonyl (C=O) groups is 1. The van der Waals surface area contributed by atoms with Crippen molar-refractivity contribution in [3.8, 4) is 0 Å². The first-order valence-corrected chi connectivity index (χ1v) is 8.42. The van der Waals surface area contributed by atoms with Crippen LogP contribution in [0.2, 0.25) is 0 Å². The molecular weight excluding hydrogens is 260 g/mol. The highest BCUT2D eigenvalue weighted by Gasteiger charge is 2.51. The van der Waals surface area contributed by atoms with Crippen LogP contribution in [0.1, 0.15) is 50.6 Å². The van der Waals surface area contributed by atoms with Crippen molar-refractivity contribution >= 4 is 5.91 Å². The molecule has 1 aromatic carbocycles. The average Bonchev–Trinajstić information content (AvgIpc) is 3.41. The lowest BCUT2D eigenvalue weighted by atomic mass is 10.0. The van der Waals surface area contributed by atoms with Crippen molar-refractivity contribution in [3.63, 3.8) is 0 Å². The highest BCUT2D eigenvalue weighted by atomic mass is 16.2. The Hall–Kier alpha value is -1.35. The second kappa shape index (κ2) is 5.13. The highest BCUT2D eigenvalue weighted by molar-refractivity contribution is 5.86. The topological polar surface area (TPSA) is 32.3 Å². The minimum atomic E-state index is -0.142. The van der Waals surface area contributed by atoms with Crippen LogP contribution in [0, 0.1) is 11.8 Å². The molecule has 112 valence electrons. The number of amides is 1. The summed E-state index contributed by atoms with van der Waals surface area (Å²) in [5.41, 5.74) is 1.11. The van der Waals surface area contributed by atoms with Crippen molar-refractivity contribution in [2.24, 2.45) is 11.8 Å². The standard InChI is InChI=1S/C18H24N2O/c1-2-15-19-16(12-6-4-3-5-7-12)18(21)20(15)17(13-8-9-13)14-10-11-14/h3-7,13-17,19H,2,8-11H2,1H3. The SMILES string of the molecule is CCC1NC(c2ccccc2)C(=O)N1C(C1CC1)C1CC1. The van der Waals surface area contributed by atoms with Gasteiger partial charge in [-0.3, -0.25) is 10.1 Å². The van der Waals surface area contributed by atoms with E-state index in [0.29, 0.717) is 11.9 Å². The second-order valence-electron chi connectivity index (χ2n) is 6.85. The molecule has 1 N–H and O–H groups in total. The first-order chi connectivity index (χ1) is 10.3. The maximum absolute atomic E-state index is 13.0. The van der Waals surface area contributed by atoms with Gasteiger partial charge >= 0.3 is 0 Å². The van der Waals surface area contributed by atoms with Crippen LogP contribution >= 0.6 is 0 Å². The smallest absolute Gasteiger partial charge is 0.245 e. The molecule has 4 rings (SSSR count). The van der Waals surface area contributed by atoms with E-state index >= 15 is 0 Å². The van der Waals surface area contributed by atoms with Crippen molar-refractivity contribution in [1.82, 2.24) is 10.2 Å². The molecule has 3 heteroatoms. The van der Waals surface area contributed by atoms with Crippen LogP contribution in [0.15, 0.2) is 30.3 Å². The van der Waals surface area contributed by atoms with Crippen molar-refractivity contribution in [2.45, 2.75) is 57.3 Å². The van der Waals surface area contributed by atoms with Gasteiger partial charge in [-0.15, -0.1) is 0 Å². The van der Waals surface area contributed by atoms with Crippen LogP contribution in [0.4, 0.5) is 0 Å². The molecule has 0 aromatic heterocycles. The summed E-state index contributed by atoms with van der Waals surface area (Å²) in [6, 6.07) is 10.5. The Balaban J connectivity index is 1.62. The monoisotopic (exact) mass is 284 g/mol. The van der Waals surface area contributed by atoms with Gasteiger partial charge in [0, 0.05) is 6.04 Å². The molecule has 1 aliphatic heterocycles. The van der Waals surface area contributed by atoms with Crippen LogP contribution < -0.4 is 5.32 Å². The van der Waals surface area contributed by atoms with Crippen molar-refractivity contribution < 1.29 is 4.79 Å². The van der Waals surface area contributed by atoms with Gasteiger partial charge in [0.1, 0.15) is 6.04 Å². The van der Waals surface area contributed by atoms with Gasteiger partial charge in [0.25, 0.3) is 0 Å². The predicted octanol–water partition coefficient (Wildman–Crippen LogP) is 3.08. The van der Waals surface area contributed by atoms with E-state index in [4.69, 9.17) is 0 Å². The summed E-state index contributed by atoms with van der Waals surface area (Å²) in [4.78, 5) is 15.3. The summed E-state index contributed by atoms with van der Waals surface area (Å²) in [5.74, 6) is 1.84. The third kappa shape index (κ3) is 2.38. The maximum atomic E-state index is 13.0. The average molecular weight is 284 g/mol.